The van der Waals surface area contributed by atoms with Crippen LogP contribution in [0.1, 0.15) is 27.6 Å². The molecule has 0 spiro atoms. The van der Waals surface area contributed by atoms with Crippen LogP contribution in [-0.2, 0) is 4.79 Å². The summed E-state index contributed by atoms with van der Waals surface area (Å²) in [5.41, 5.74) is 0.950. The van der Waals surface area contributed by atoms with Crippen molar-refractivity contribution in [2.45, 2.75) is 6.92 Å². The lowest BCUT2D eigenvalue weighted by molar-refractivity contribution is -0.118. The minimum Gasteiger partial charge on any atom is -0.490 e. The minimum atomic E-state index is -0.474. The van der Waals surface area contributed by atoms with Gasteiger partial charge in [-0.3, -0.25) is 19.7 Å². The second-order valence-corrected chi connectivity index (χ2v) is 5.26. The summed E-state index contributed by atoms with van der Waals surface area (Å²) in [6, 6.07) is 11.6. The van der Waals surface area contributed by atoms with Gasteiger partial charge in [0.05, 0.1) is 17.7 Å². The van der Waals surface area contributed by atoms with Gasteiger partial charge in [0.1, 0.15) is 0 Å². The van der Waals surface area contributed by atoms with Gasteiger partial charge in [-0.05, 0) is 37.3 Å². The van der Waals surface area contributed by atoms with Crippen LogP contribution in [0.25, 0.3) is 0 Å². The summed E-state index contributed by atoms with van der Waals surface area (Å²) in [5, 5.41) is 4.83. The zero-order chi connectivity index (χ0) is 17.8. The smallest absolute Gasteiger partial charge is 0.262 e. The Bertz CT molecular complexity index is 847. The molecule has 2 aromatic carbocycles. The Labute approximate surface area is 143 Å². The summed E-state index contributed by atoms with van der Waals surface area (Å²) < 4.78 is 10.9. The fraction of sp³-hybridized carbons (Fsp3) is 0.167. The van der Waals surface area contributed by atoms with E-state index >= 15 is 0 Å². The number of amides is 3. The number of nitrogens with one attached hydrogen (secondary N) is 2. The molecule has 7 heteroatoms. The van der Waals surface area contributed by atoms with Gasteiger partial charge >= 0.3 is 0 Å². The maximum atomic E-state index is 12.1. The topological polar surface area (TPSA) is 93.7 Å². The molecule has 2 N–H and O–H groups in total. The molecule has 1 heterocycles. The Morgan fingerprint density at radius 1 is 1.00 bits per heavy atom. The lowest BCUT2D eigenvalue weighted by Crippen LogP contribution is -2.21. The van der Waals surface area contributed by atoms with Gasteiger partial charge in [0.15, 0.2) is 18.1 Å². The van der Waals surface area contributed by atoms with E-state index in [1.165, 1.54) is 12.1 Å². The van der Waals surface area contributed by atoms with Crippen molar-refractivity contribution in [1.29, 1.82) is 0 Å². The van der Waals surface area contributed by atoms with E-state index < -0.39 is 17.7 Å². The monoisotopic (exact) mass is 340 g/mol. The molecular formula is C18H16N2O5. The number of fused-ring (bicyclic) bond motifs is 1. The first kappa shape index (κ1) is 16.5. The van der Waals surface area contributed by atoms with Gasteiger partial charge in [-0.15, -0.1) is 0 Å². The number of para-hydroxylation sites is 2. The van der Waals surface area contributed by atoms with Crippen LogP contribution in [0.5, 0.6) is 11.5 Å². The van der Waals surface area contributed by atoms with Crippen LogP contribution in [0, 0.1) is 0 Å². The molecule has 1 aliphatic heterocycles. The van der Waals surface area contributed by atoms with Crippen molar-refractivity contribution >= 4 is 23.4 Å². The third kappa shape index (κ3) is 3.60. The number of hydrogen-bond donors (Lipinski definition) is 2. The Kier molecular flexibility index (Phi) is 4.65. The van der Waals surface area contributed by atoms with E-state index in [0.717, 1.165) is 0 Å². The number of hydrogen-bond acceptors (Lipinski definition) is 5. The highest BCUT2D eigenvalue weighted by Gasteiger charge is 2.26. The molecule has 0 saturated heterocycles. The first-order valence-corrected chi connectivity index (χ1v) is 7.72. The van der Waals surface area contributed by atoms with Crippen molar-refractivity contribution in [1.82, 2.24) is 5.32 Å². The Morgan fingerprint density at radius 3 is 2.40 bits per heavy atom. The van der Waals surface area contributed by atoms with Crippen molar-refractivity contribution in [2.75, 3.05) is 18.5 Å². The number of anilines is 1. The van der Waals surface area contributed by atoms with Gasteiger partial charge in [0.2, 0.25) is 0 Å². The van der Waals surface area contributed by atoms with Crippen molar-refractivity contribution in [3.8, 4) is 11.5 Å². The highest BCUT2D eigenvalue weighted by molar-refractivity contribution is 6.22. The molecule has 0 unspecified atom stereocenters. The maximum Gasteiger partial charge on any atom is 0.262 e. The first-order chi connectivity index (χ1) is 12.1. The highest BCUT2D eigenvalue weighted by Crippen LogP contribution is 2.26. The van der Waals surface area contributed by atoms with E-state index in [-0.39, 0.29) is 12.2 Å². The van der Waals surface area contributed by atoms with Gasteiger partial charge in [0.25, 0.3) is 17.7 Å². The van der Waals surface area contributed by atoms with Crippen molar-refractivity contribution in [2.24, 2.45) is 0 Å². The lowest BCUT2D eigenvalue weighted by atomic mass is 10.1. The zero-order valence-electron chi connectivity index (χ0n) is 13.5. The van der Waals surface area contributed by atoms with Gasteiger partial charge in [-0.1, -0.05) is 12.1 Å². The minimum absolute atomic E-state index is 0.216. The molecule has 7 nitrogen and oxygen atoms in total. The fourth-order valence-corrected chi connectivity index (χ4v) is 2.43. The molecule has 128 valence electrons. The van der Waals surface area contributed by atoms with Gasteiger partial charge in [-0.25, -0.2) is 0 Å². The van der Waals surface area contributed by atoms with E-state index in [2.05, 4.69) is 10.6 Å². The number of rotatable bonds is 6. The first-order valence-electron chi connectivity index (χ1n) is 7.72. The van der Waals surface area contributed by atoms with Crippen LogP contribution in [0.3, 0.4) is 0 Å². The molecule has 0 aromatic heterocycles. The summed E-state index contributed by atoms with van der Waals surface area (Å²) in [6.07, 6.45) is 0. The second kappa shape index (κ2) is 7.04. The SMILES string of the molecule is CCOc1ccccc1OCC(=O)Nc1ccc2c(c1)C(=O)NC2=O. The number of imide groups is 1. The molecular weight excluding hydrogens is 324 g/mol. The van der Waals surface area contributed by atoms with Crippen molar-refractivity contribution < 1.29 is 23.9 Å². The van der Waals surface area contributed by atoms with Gasteiger partial charge in [-0.2, -0.15) is 0 Å². The van der Waals surface area contributed by atoms with Crippen LogP contribution in [0.2, 0.25) is 0 Å². The fourth-order valence-electron chi connectivity index (χ4n) is 2.43. The molecule has 0 fully saturated rings. The van der Waals surface area contributed by atoms with E-state index in [0.29, 0.717) is 29.4 Å². The Morgan fingerprint density at radius 2 is 1.68 bits per heavy atom. The third-order valence-corrected chi connectivity index (χ3v) is 3.53. The van der Waals surface area contributed by atoms with E-state index in [1.807, 2.05) is 13.0 Å². The average Bonchev–Trinajstić information content (AvgIpc) is 2.88. The standard InChI is InChI=1S/C18H16N2O5/c1-2-24-14-5-3-4-6-15(14)25-10-16(21)19-11-7-8-12-13(9-11)18(23)20-17(12)22/h3-9H,2,10H2,1H3,(H,19,21)(H,20,22,23). The van der Waals surface area contributed by atoms with Gasteiger partial charge in [0, 0.05) is 5.69 Å². The number of carbonyl (C=O) groups excluding carboxylic acids is 3. The van der Waals surface area contributed by atoms with E-state index in [9.17, 15) is 14.4 Å². The lowest BCUT2D eigenvalue weighted by Gasteiger charge is -2.11. The number of ether oxygens (including phenoxy) is 2. The number of carbonyl (C=O) groups is 3. The molecule has 25 heavy (non-hydrogen) atoms. The molecule has 0 atom stereocenters. The Balaban J connectivity index is 1.63. The molecule has 3 amide bonds. The average molecular weight is 340 g/mol. The molecule has 1 aliphatic rings. The zero-order valence-corrected chi connectivity index (χ0v) is 13.5. The third-order valence-electron chi connectivity index (χ3n) is 3.53. The normalized spacial score (nSPS) is 12.4. The van der Waals surface area contributed by atoms with Crippen molar-refractivity contribution in [3.63, 3.8) is 0 Å². The molecule has 0 aliphatic carbocycles. The summed E-state index contributed by atoms with van der Waals surface area (Å²) >= 11 is 0. The molecule has 3 rings (SSSR count). The van der Waals surface area contributed by atoms with Crippen LogP contribution < -0.4 is 20.1 Å². The number of benzene rings is 2. The predicted molar refractivity (Wildman–Crippen MR) is 90.0 cm³/mol. The molecule has 2 aromatic rings. The van der Waals surface area contributed by atoms with Crippen LogP contribution in [-0.4, -0.2) is 30.9 Å². The largest absolute Gasteiger partial charge is 0.490 e. The predicted octanol–water partition coefficient (Wildman–Crippen LogP) is 1.99. The highest BCUT2D eigenvalue weighted by atomic mass is 16.5. The summed E-state index contributed by atoms with van der Waals surface area (Å²) in [4.78, 5) is 35.2. The van der Waals surface area contributed by atoms with Crippen molar-refractivity contribution in [3.05, 3.63) is 53.6 Å². The molecule has 0 radical (unpaired) electrons. The van der Waals surface area contributed by atoms with E-state index in [1.54, 1.807) is 24.3 Å². The van der Waals surface area contributed by atoms with Crippen LogP contribution in [0.4, 0.5) is 5.69 Å². The quantitative estimate of drug-likeness (QED) is 0.784. The summed E-state index contributed by atoms with van der Waals surface area (Å²) in [7, 11) is 0. The Hall–Kier alpha value is -3.35. The molecule has 0 bridgehead atoms. The second-order valence-electron chi connectivity index (χ2n) is 5.26. The summed E-state index contributed by atoms with van der Waals surface area (Å²) in [6.45, 7) is 2.13. The van der Waals surface area contributed by atoms with Crippen LogP contribution >= 0.6 is 0 Å². The summed E-state index contributed by atoms with van der Waals surface area (Å²) in [5.74, 6) is -0.272. The van der Waals surface area contributed by atoms with E-state index in [4.69, 9.17) is 9.47 Å². The maximum absolute atomic E-state index is 12.1. The van der Waals surface area contributed by atoms with Gasteiger partial charge < -0.3 is 14.8 Å². The molecule has 0 saturated carbocycles. The van der Waals surface area contributed by atoms with Crippen LogP contribution in [0.15, 0.2) is 42.5 Å².